The molecule has 2 aromatic rings. The number of rotatable bonds is 13. The Balaban J connectivity index is 1.44. The fourth-order valence-corrected chi connectivity index (χ4v) is 6.26. The van der Waals surface area contributed by atoms with Crippen LogP contribution in [-0.2, 0) is 26.0 Å². The molecule has 1 fully saturated rings. The van der Waals surface area contributed by atoms with Gasteiger partial charge in [0.25, 0.3) is 0 Å². The maximum Gasteiger partial charge on any atom is 0.243 e. The maximum absolute atomic E-state index is 13.6. The lowest BCUT2D eigenvalue weighted by molar-refractivity contribution is -0.141. The topological polar surface area (TPSA) is 105 Å². The molecule has 1 atom stereocenters. The van der Waals surface area contributed by atoms with Gasteiger partial charge in [0, 0.05) is 31.6 Å². The Morgan fingerprint density at radius 1 is 1.03 bits per heavy atom. The lowest BCUT2D eigenvalue weighted by Crippen LogP contribution is -2.52. The van der Waals surface area contributed by atoms with Gasteiger partial charge in [-0.1, -0.05) is 50.1 Å². The average molecular weight is 558 g/mol. The van der Waals surface area contributed by atoms with Crippen molar-refractivity contribution in [2.75, 3.05) is 30.4 Å². The largest absolute Gasteiger partial charge is 0.454 e. The molecule has 2 aliphatic rings. The van der Waals surface area contributed by atoms with E-state index in [-0.39, 0.29) is 37.6 Å². The molecule has 39 heavy (non-hydrogen) atoms. The molecule has 212 valence electrons. The summed E-state index contributed by atoms with van der Waals surface area (Å²) >= 11 is 0. The van der Waals surface area contributed by atoms with E-state index in [1.807, 2.05) is 37.3 Å². The predicted molar refractivity (Wildman–Crippen MR) is 150 cm³/mol. The smallest absolute Gasteiger partial charge is 0.243 e. The molecular formula is C29H39N3O6S. The SMILES string of the molecule is CC[C@H](C(=O)NC1CCCC1)N(CCc1ccccc1)C(=O)CCCN(c1ccc2c(c1)OCO2)S(C)(=O)=O. The first-order valence-corrected chi connectivity index (χ1v) is 15.6. The normalized spacial score (nSPS) is 15.6. The van der Waals surface area contributed by atoms with Gasteiger partial charge in [0.05, 0.1) is 11.9 Å². The first-order chi connectivity index (χ1) is 18.8. The van der Waals surface area contributed by atoms with Crippen LogP contribution in [0, 0.1) is 0 Å². The number of nitrogens with one attached hydrogen (secondary N) is 1. The first kappa shape index (κ1) is 28.7. The Labute approximate surface area is 231 Å². The number of benzene rings is 2. The summed E-state index contributed by atoms with van der Waals surface area (Å²) in [6.07, 6.45) is 6.88. The highest BCUT2D eigenvalue weighted by Crippen LogP contribution is 2.36. The highest BCUT2D eigenvalue weighted by Gasteiger charge is 2.30. The minimum Gasteiger partial charge on any atom is -0.454 e. The molecule has 1 saturated carbocycles. The molecule has 0 bridgehead atoms. The zero-order valence-corrected chi connectivity index (χ0v) is 23.6. The Bertz CT molecular complexity index is 1230. The number of ether oxygens (including phenoxy) is 2. The van der Waals surface area contributed by atoms with Crippen molar-refractivity contribution < 1.29 is 27.5 Å². The van der Waals surface area contributed by atoms with Gasteiger partial charge in [-0.3, -0.25) is 13.9 Å². The van der Waals surface area contributed by atoms with Crippen molar-refractivity contribution >= 4 is 27.5 Å². The Morgan fingerprint density at radius 3 is 2.44 bits per heavy atom. The van der Waals surface area contributed by atoms with Gasteiger partial charge in [-0.25, -0.2) is 8.42 Å². The molecule has 0 aromatic heterocycles. The molecule has 1 aliphatic carbocycles. The van der Waals surface area contributed by atoms with E-state index in [0.29, 0.717) is 43.0 Å². The summed E-state index contributed by atoms with van der Waals surface area (Å²) in [4.78, 5) is 28.5. The lowest BCUT2D eigenvalue weighted by atomic mass is 10.1. The third-order valence-corrected chi connectivity index (χ3v) is 8.56. The van der Waals surface area contributed by atoms with Crippen molar-refractivity contribution in [3.8, 4) is 11.5 Å². The molecule has 4 rings (SSSR count). The van der Waals surface area contributed by atoms with E-state index >= 15 is 0 Å². The highest BCUT2D eigenvalue weighted by atomic mass is 32.2. The molecule has 0 radical (unpaired) electrons. The summed E-state index contributed by atoms with van der Waals surface area (Å²) in [6, 6.07) is 14.5. The number of fused-ring (bicyclic) bond motifs is 1. The second-order valence-corrected chi connectivity index (χ2v) is 12.1. The Morgan fingerprint density at radius 2 is 1.74 bits per heavy atom. The summed E-state index contributed by atoms with van der Waals surface area (Å²) < 4.78 is 37.2. The second kappa shape index (κ2) is 13.2. The molecule has 1 aliphatic heterocycles. The minimum atomic E-state index is -3.60. The molecule has 0 spiro atoms. The zero-order valence-electron chi connectivity index (χ0n) is 22.8. The van der Waals surface area contributed by atoms with Gasteiger partial charge in [0.15, 0.2) is 11.5 Å². The highest BCUT2D eigenvalue weighted by molar-refractivity contribution is 7.92. The Kier molecular flexibility index (Phi) is 9.72. The molecule has 1 N–H and O–H groups in total. The van der Waals surface area contributed by atoms with E-state index in [4.69, 9.17) is 9.47 Å². The van der Waals surface area contributed by atoms with E-state index < -0.39 is 16.1 Å². The van der Waals surface area contributed by atoms with Crippen molar-refractivity contribution in [2.24, 2.45) is 0 Å². The molecule has 1 heterocycles. The fourth-order valence-electron chi connectivity index (χ4n) is 5.31. The van der Waals surface area contributed by atoms with E-state index in [1.54, 1.807) is 23.1 Å². The molecule has 2 aromatic carbocycles. The quantitative estimate of drug-likeness (QED) is 0.401. The molecular weight excluding hydrogens is 518 g/mol. The summed E-state index contributed by atoms with van der Waals surface area (Å²) in [5.41, 5.74) is 1.55. The van der Waals surface area contributed by atoms with Crippen LogP contribution in [0.4, 0.5) is 5.69 Å². The number of sulfonamides is 1. The molecule has 10 heteroatoms. The van der Waals surface area contributed by atoms with Gasteiger partial charge in [0.1, 0.15) is 6.04 Å². The van der Waals surface area contributed by atoms with E-state index in [1.165, 1.54) is 4.31 Å². The summed E-state index contributed by atoms with van der Waals surface area (Å²) in [5.74, 6) is 0.795. The van der Waals surface area contributed by atoms with Crippen LogP contribution in [0.2, 0.25) is 0 Å². The van der Waals surface area contributed by atoms with Crippen molar-refractivity contribution in [3.05, 3.63) is 54.1 Å². The monoisotopic (exact) mass is 557 g/mol. The fraction of sp³-hybridized carbons (Fsp3) is 0.517. The van der Waals surface area contributed by atoms with Gasteiger partial charge in [0.2, 0.25) is 28.6 Å². The van der Waals surface area contributed by atoms with E-state index in [0.717, 1.165) is 37.5 Å². The summed E-state index contributed by atoms with van der Waals surface area (Å²) in [6.45, 7) is 2.56. The Hall–Kier alpha value is -3.27. The van der Waals surface area contributed by atoms with Crippen LogP contribution in [0.1, 0.15) is 57.4 Å². The number of anilines is 1. The number of hydrogen-bond donors (Lipinski definition) is 1. The van der Waals surface area contributed by atoms with Crippen LogP contribution in [0.3, 0.4) is 0 Å². The van der Waals surface area contributed by atoms with Crippen LogP contribution in [0.15, 0.2) is 48.5 Å². The van der Waals surface area contributed by atoms with Crippen LogP contribution in [0.5, 0.6) is 11.5 Å². The molecule has 2 amide bonds. The van der Waals surface area contributed by atoms with E-state index in [9.17, 15) is 18.0 Å². The summed E-state index contributed by atoms with van der Waals surface area (Å²) in [5, 5.41) is 3.16. The van der Waals surface area contributed by atoms with Crippen LogP contribution >= 0.6 is 0 Å². The van der Waals surface area contributed by atoms with Gasteiger partial charge >= 0.3 is 0 Å². The summed E-state index contributed by atoms with van der Waals surface area (Å²) in [7, 11) is -3.60. The third kappa shape index (κ3) is 7.65. The van der Waals surface area contributed by atoms with Crippen molar-refractivity contribution in [3.63, 3.8) is 0 Å². The number of carbonyl (C=O) groups excluding carboxylic acids is 2. The lowest BCUT2D eigenvalue weighted by Gasteiger charge is -2.32. The number of hydrogen-bond acceptors (Lipinski definition) is 6. The van der Waals surface area contributed by atoms with Crippen LogP contribution in [-0.4, -0.2) is 63.4 Å². The standard InChI is InChI=1S/C29H39N3O6S/c1-3-25(29(34)30-23-12-7-8-13-23)31(19-17-22-10-5-4-6-11-22)28(33)14-9-18-32(39(2,35)36)24-15-16-26-27(20-24)38-21-37-26/h4-6,10-11,15-16,20,23,25H,3,7-9,12-14,17-19,21H2,1-2H3,(H,30,34)/t25-/m1/s1. The number of nitrogens with zero attached hydrogens (tertiary/aromatic N) is 2. The third-order valence-electron chi connectivity index (χ3n) is 7.37. The maximum atomic E-state index is 13.6. The van der Waals surface area contributed by atoms with Crippen molar-refractivity contribution in [2.45, 2.75) is 70.4 Å². The molecule has 9 nitrogen and oxygen atoms in total. The predicted octanol–water partition coefficient (Wildman–Crippen LogP) is 3.87. The van der Waals surface area contributed by atoms with Crippen molar-refractivity contribution in [1.82, 2.24) is 10.2 Å². The van der Waals surface area contributed by atoms with Crippen LogP contribution < -0.4 is 19.1 Å². The molecule has 0 unspecified atom stereocenters. The zero-order chi connectivity index (χ0) is 27.8. The number of carbonyl (C=O) groups is 2. The van der Waals surface area contributed by atoms with Gasteiger partial charge in [-0.15, -0.1) is 0 Å². The minimum absolute atomic E-state index is 0.0951. The van der Waals surface area contributed by atoms with Gasteiger partial charge in [-0.2, -0.15) is 0 Å². The second-order valence-electron chi connectivity index (χ2n) is 10.2. The first-order valence-electron chi connectivity index (χ1n) is 13.8. The van der Waals surface area contributed by atoms with Gasteiger partial charge in [-0.05, 0) is 49.8 Å². The average Bonchev–Trinajstić information content (AvgIpc) is 3.60. The van der Waals surface area contributed by atoms with E-state index in [2.05, 4.69) is 5.32 Å². The van der Waals surface area contributed by atoms with Crippen LogP contribution in [0.25, 0.3) is 0 Å². The van der Waals surface area contributed by atoms with Gasteiger partial charge < -0.3 is 19.7 Å². The molecule has 0 saturated heterocycles. The number of amides is 2. The van der Waals surface area contributed by atoms with Crippen molar-refractivity contribution in [1.29, 1.82) is 0 Å².